The van der Waals surface area contributed by atoms with Crippen LogP contribution in [0.3, 0.4) is 0 Å². The Balaban J connectivity index is 2.38. The lowest BCUT2D eigenvalue weighted by molar-refractivity contribution is 0.602. The zero-order chi connectivity index (χ0) is 16.3. The molecule has 0 unspecified atom stereocenters. The van der Waals surface area contributed by atoms with E-state index in [-0.39, 0.29) is 15.7 Å². The summed E-state index contributed by atoms with van der Waals surface area (Å²) in [5, 5.41) is 11.7. The first-order chi connectivity index (χ1) is 10.3. The number of thiophene rings is 1. The number of allylic oxidation sites excluding steroid dienone is 1. The molecule has 1 aromatic heterocycles. The SMILES string of the molecule is Cc1ccsc1/C=C(\C#N)S(=O)(=O)Cc1ccc(Cl)cc1Cl. The third-order valence-electron chi connectivity index (χ3n) is 2.97. The van der Waals surface area contributed by atoms with Crippen LogP contribution in [0.2, 0.25) is 10.0 Å². The van der Waals surface area contributed by atoms with Crippen molar-refractivity contribution in [3.05, 3.63) is 60.6 Å². The van der Waals surface area contributed by atoms with E-state index in [1.54, 1.807) is 18.2 Å². The largest absolute Gasteiger partial charge is 0.223 e. The van der Waals surface area contributed by atoms with Gasteiger partial charge < -0.3 is 0 Å². The number of rotatable bonds is 4. The number of nitriles is 1. The Morgan fingerprint density at radius 1 is 1.36 bits per heavy atom. The van der Waals surface area contributed by atoms with Crippen molar-refractivity contribution in [3.8, 4) is 6.07 Å². The van der Waals surface area contributed by atoms with E-state index in [0.29, 0.717) is 10.6 Å². The average molecular weight is 372 g/mol. The lowest BCUT2D eigenvalue weighted by atomic mass is 10.2. The zero-order valence-electron chi connectivity index (χ0n) is 11.5. The van der Waals surface area contributed by atoms with Gasteiger partial charge in [0.25, 0.3) is 0 Å². The van der Waals surface area contributed by atoms with Crippen molar-refractivity contribution >= 4 is 50.5 Å². The maximum atomic E-state index is 12.4. The summed E-state index contributed by atoms with van der Waals surface area (Å²) in [5.74, 6) is -0.340. The fourth-order valence-corrected chi connectivity index (χ4v) is 4.51. The van der Waals surface area contributed by atoms with Gasteiger partial charge in [-0.2, -0.15) is 5.26 Å². The Morgan fingerprint density at radius 3 is 2.64 bits per heavy atom. The smallest absolute Gasteiger partial charge is 0.192 e. The number of hydrogen-bond acceptors (Lipinski definition) is 4. The number of hydrogen-bond donors (Lipinski definition) is 0. The van der Waals surface area contributed by atoms with Crippen molar-refractivity contribution in [2.75, 3.05) is 0 Å². The lowest BCUT2D eigenvalue weighted by Gasteiger charge is -2.06. The minimum atomic E-state index is -3.77. The molecule has 22 heavy (non-hydrogen) atoms. The summed E-state index contributed by atoms with van der Waals surface area (Å²) in [6.45, 7) is 1.86. The minimum absolute atomic E-state index is 0.265. The number of sulfone groups is 1. The van der Waals surface area contributed by atoms with Crippen LogP contribution >= 0.6 is 34.5 Å². The maximum absolute atomic E-state index is 12.4. The van der Waals surface area contributed by atoms with E-state index in [2.05, 4.69) is 0 Å². The lowest BCUT2D eigenvalue weighted by Crippen LogP contribution is -2.07. The van der Waals surface area contributed by atoms with E-state index >= 15 is 0 Å². The van der Waals surface area contributed by atoms with Gasteiger partial charge in [-0.05, 0) is 47.7 Å². The quantitative estimate of drug-likeness (QED) is 0.722. The highest BCUT2D eigenvalue weighted by Crippen LogP contribution is 2.26. The molecular weight excluding hydrogens is 361 g/mol. The first-order valence-corrected chi connectivity index (χ1v) is 9.45. The summed E-state index contributed by atoms with van der Waals surface area (Å²) in [7, 11) is -3.77. The Morgan fingerprint density at radius 2 is 2.09 bits per heavy atom. The van der Waals surface area contributed by atoms with Gasteiger partial charge in [0.2, 0.25) is 0 Å². The van der Waals surface area contributed by atoms with E-state index in [1.807, 2.05) is 18.4 Å². The third kappa shape index (κ3) is 3.90. The summed E-state index contributed by atoms with van der Waals surface area (Å²) in [5.41, 5.74) is 1.34. The normalized spacial score (nSPS) is 12.2. The van der Waals surface area contributed by atoms with Gasteiger partial charge in [0.1, 0.15) is 11.0 Å². The van der Waals surface area contributed by atoms with Crippen LogP contribution in [0.4, 0.5) is 0 Å². The van der Waals surface area contributed by atoms with Crippen molar-refractivity contribution < 1.29 is 8.42 Å². The van der Waals surface area contributed by atoms with Crippen molar-refractivity contribution in [3.63, 3.8) is 0 Å². The summed E-state index contributed by atoms with van der Waals surface area (Å²) >= 11 is 13.2. The molecule has 0 N–H and O–H groups in total. The molecule has 7 heteroatoms. The van der Waals surface area contributed by atoms with Gasteiger partial charge in [-0.25, -0.2) is 8.42 Å². The molecule has 0 bridgehead atoms. The summed E-state index contributed by atoms with van der Waals surface area (Å²) in [6.07, 6.45) is 1.40. The molecule has 0 spiro atoms. The van der Waals surface area contributed by atoms with Crippen LogP contribution in [0.15, 0.2) is 34.6 Å². The van der Waals surface area contributed by atoms with Crippen molar-refractivity contribution in [1.29, 1.82) is 5.26 Å². The first-order valence-electron chi connectivity index (χ1n) is 6.16. The van der Waals surface area contributed by atoms with Gasteiger partial charge in [0, 0.05) is 14.9 Å². The zero-order valence-corrected chi connectivity index (χ0v) is 14.7. The second-order valence-corrected chi connectivity index (χ2v) is 8.33. The van der Waals surface area contributed by atoms with E-state index in [0.717, 1.165) is 10.4 Å². The molecule has 0 saturated carbocycles. The average Bonchev–Trinajstić information content (AvgIpc) is 2.84. The van der Waals surface area contributed by atoms with Crippen LogP contribution in [0.5, 0.6) is 0 Å². The highest BCUT2D eigenvalue weighted by molar-refractivity contribution is 7.95. The second kappa shape index (κ2) is 6.84. The van der Waals surface area contributed by atoms with Crippen molar-refractivity contribution in [2.45, 2.75) is 12.7 Å². The molecule has 0 aliphatic carbocycles. The molecule has 1 heterocycles. The molecule has 3 nitrogen and oxygen atoms in total. The predicted molar refractivity (Wildman–Crippen MR) is 91.7 cm³/mol. The molecule has 0 atom stereocenters. The number of halogens is 2. The van der Waals surface area contributed by atoms with Crippen LogP contribution in [-0.4, -0.2) is 8.42 Å². The Hall–Kier alpha value is -1.32. The molecule has 2 rings (SSSR count). The third-order valence-corrected chi connectivity index (χ3v) is 6.09. The van der Waals surface area contributed by atoms with E-state index < -0.39 is 9.84 Å². The Kier molecular flexibility index (Phi) is 5.30. The Bertz CT molecular complexity index is 877. The number of benzene rings is 1. The van der Waals surface area contributed by atoms with Crippen molar-refractivity contribution in [2.24, 2.45) is 0 Å². The van der Waals surface area contributed by atoms with Crippen LogP contribution in [-0.2, 0) is 15.6 Å². The van der Waals surface area contributed by atoms with Crippen molar-refractivity contribution in [1.82, 2.24) is 0 Å². The molecule has 0 aliphatic rings. The van der Waals surface area contributed by atoms with Crippen LogP contribution in [0.1, 0.15) is 16.0 Å². The molecular formula is C15H11Cl2NO2S2. The summed E-state index contributed by atoms with van der Waals surface area (Å²) < 4.78 is 24.9. The molecule has 0 fully saturated rings. The highest BCUT2D eigenvalue weighted by Gasteiger charge is 2.20. The molecule has 0 saturated heterocycles. The predicted octanol–water partition coefficient (Wildman–Crippen LogP) is 4.84. The Labute approximate surface area is 143 Å². The molecule has 114 valence electrons. The van der Waals surface area contributed by atoms with Gasteiger partial charge in [-0.1, -0.05) is 29.3 Å². The molecule has 0 amide bonds. The van der Waals surface area contributed by atoms with Gasteiger partial charge in [0.05, 0.1) is 5.75 Å². The second-order valence-electron chi connectivity index (χ2n) is 4.58. The van der Waals surface area contributed by atoms with E-state index in [9.17, 15) is 13.7 Å². The number of aryl methyl sites for hydroxylation is 1. The van der Waals surface area contributed by atoms with Gasteiger partial charge in [-0.15, -0.1) is 11.3 Å². The first kappa shape index (κ1) is 17.0. The monoisotopic (exact) mass is 371 g/mol. The van der Waals surface area contributed by atoms with E-state index in [1.165, 1.54) is 23.5 Å². The maximum Gasteiger partial charge on any atom is 0.192 e. The minimum Gasteiger partial charge on any atom is -0.223 e. The van der Waals surface area contributed by atoms with Crippen LogP contribution in [0, 0.1) is 18.3 Å². The van der Waals surface area contributed by atoms with Crippen LogP contribution in [0.25, 0.3) is 6.08 Å². The molecule has 0 aliphatic heterocycles. The number of nitrogens with zero attached hydrogens (tertiary/aromatic N) is 1. The molecule has 1 aromatic carbocycles. The van der Waals surface area contributed by atoms with Crippen LogP contribution < -0.4 is 0 Å². The standard InChI is InChI=1S/C15H11Cl2NO2S2/c1-10-4-5-21-15(10)7-13(8-18)22(19,20)9-11-2-3-12(16)6-14(11)17/h2-7H,9H2,1H3/b13-7+. The fraction of sp³-hybridized carbons (Fsp3) is 0.133. The summed E-state index contributed by atoms with van der Waals surface area (Å²) in [6, 6.07) is 8.23. The van der Waals surface area contributed by atoms with Gasteiger partial charge in [0.15, 0.2) is 9.84 Å². The molecule has 2 aromatic rings. The fourth-order valence-electron chi connectivity index (χ4n) is 1.76. The van der Waals surface area contributed by atoms with E-state index in [4.69, 9.17) is 23.2 Å². The van der Waals surface area contributed by atoms with Gasteiger partial charge in [-0.3, -0.25) is 0 Å². The highest BCUT2D eigenvalue weighted by atomic mass is 35.5. The topological polar surface area (TPSA) is 57.9 Å². The van der Waals surface area contributed by atoms with Gasteiger partial charge >= 0.3 is 0 Å². The summed E-state index contributed by atoms with van der Waals surface area (Å²) in [4.78, 5) is 0.478. The molecule has 0 radical (unpaired) electrons.